The molecule has 0 bridgehead atoms. The van der Waals surface area contributed by atoms with Gasteiger partial charge in [0.25, 0.3) is 5.66 Å². The van der Waals surface area contributed by atoms with Gasteiger partial charge in [0.05, 0.1) is 11.8 Å². The minimum Gasteiger partial charge on any atom is -0.398 e. The van der Waals surface area contributed by atoms with Crippen molar-refractivity contribution in [3.63, 3.8) is 0 Å². The Kier molecular flexibility index (Phi) is 7.41. The van der Waals surface area contributed by atoms with Crippen molar-refractivity contribution in [2.75, 3.05) is 0 Å². The van der Waals surface area contributed by atoms with Gasteiger partial charge in [0.15, 0.2) is 0 Å². The van der Waals surface area contributed by atoms with E-state index in [0.717, 1.165) is 35.4 Å². The molecule has 0 aromatic rings. The summed E-state index contributed by atoms with van der Waals surface area (Å²) < 4.78 is 25.8. The van der Waals surface area contributed by atoms with Crippen molar-refractivity contribution in [3.05, 3.63) is 35.1 Å². The van der Waals surface area contributed by atoms with Crippen LogP contribution >= 0.6 is 9.24 Å². The van der Waals surface area contributed by atoms with Crippen LogP contribution < -0.4 is 5.73 Å². The predicted molar refractivity (Wildman–Crippen MR) is 94.4 cm³/mol. The van der Waals surface area contributed by atoms with Crippen molar-refractivity contribution in [2.24, 2.45) is 10.7 Å². The molecule has 2 nitrogen and oxygen atoms in total. The fraction of sp³-hybridized carbons (Fsp3) is 0.588. The summed E-state index contributed by atoms with van der Waals surface area (Å²) in [4.78, 5) is 4.78. The third kappa shape index (κ3) is 6.00. The smallest absolute Gasteiger partial charge is 0.259 e. The highest BCUT2D eigenvalue weighted by molar-refractivity contribution is 7.18. The van der Waals surface area contributed by atoms with Gasteiger partial charge >= 0.3 is 0 Å². The Bertz CT molecular complexity index is 499. The van der Waals surface area contributed by atoms with Gasteiger partial charge in [-0.2, -0.15) is 0 Å². The Balaban J connectivity index is 2.85. The summed E-state index contributed by atoms with van der Waals surface area (Å²) in [6.45, 7) is 6.05. The largest absolute Gasteiger partial charge is 0.398 e. The molecule has 2 atom stereocenters. The molecule has 0 aliphatic heterocycles. The molecule has 0 aromatic carbocycles. The monoisotopic (exact) mass is 328 g/mol. The third-order valence-electron chi connectivity index (χ3n) is 3.82. The van der Waals surface area contributed by atoms with Crippen LogP contribution in [0.15, 0.2) is 40.1 Å². The van der Waals surface area contributed by atoms with Crippen LogP contribution in [-0.2, 0) is 0 Å². The Hall–Kier alpha value is -1.02. The highest BCUT2D eigenvalue weighted by atomic mass is 31.0. The summed E-state index contributed by atoms with van der Waals surface area (Å²) in [5.74, 6) is 0. The molecule has 22 heavy (non-hydrogen) atoms. The Morgan fingerprint density at radius 3 is 2.55 bits per heavy atom. The first-order valence-electron chi connectivity index (χ1n) is 7.90. The van der Waals surface area contributed by atoms with E-state index in [2.05, 4.69) is 6.92 Å². The molecule has 1 rings (SSSR count). The summed E-state index contributed by atoms with van der Waals surface area (Å²) in [7, 11) is 1.60. The normalized spacial score (nSPS) is 21.0. The lowest BCUT2D eigenvalue weighted by Crippen LogP contribution is -2.15. The van der Waals surface area contributed by atoms with Crippen LogP contribution in [0.2, 0.25) is 0 Å². The number of aliphatic imine (C=N–C) groups is 1. The van der Waals surface area contributed by atoms with Gasteiger partial charge in [-0.3, -0.25) is 4.99 Å². The first-order chi connectivity index (χ1) is 10.3. The molecule has 0 spiro atoms. The molecule has 2 N–H and O–H groups in total. The average molecular weight is 328 g/mol. The van der Waals surface area contributed by atoms with Gasteiger partial charge in [-0.1, -0.05) is 29.2 Å². The highest BCUT2D eigenvalue weighted by Crippen LogP contribution is 2.29. The van der Waals surface area contributed by atoms with Crippen LogP contribution in [0.25, 0.3) is 0 Å². The summed E-state index contributed by atoms with van der Waals surface area (Å²) >= 11 is 0. The van der Waals surface area contributed by atoms with E-state index in [1.165, 1.54) is 0 Å². The maximum absolute atomic E-state index is 12.9. The molecular formula is C17H27F2N2P. The Morgan fingerprint density at radius 2 is 2.05 bits per heavy atom. The minimum absolute atomic E-state index is 0.0689. The van der Waals surface area contributed by atoms with E-state index in [-0.39, 0.29) is 12.5 Å². The van der Waals surface area contributed by atoms with Gasteiger partial charge in [0.2, 0.25) is 0 Å². The first kappa shape index (κ1) is 19.0. The van der Waals surface area contributed by atoms with Crippen LogP contribution in [0.5, 0.6) is 0 Å². The second-order valence-electron chi connectivity index (χ2n) is 5.60. The summed E-state index contributed by atoms with van der Waals surface area (Å²) in [6.07, 6.45) is 8.69. The Labute approximate surface area is 134 Å². The van der Waals surface area contributed by atoms with Crippen LogP contribution in [0.4, 0.5) is 8.78 Å². The van der Waals surface area contributed by atoms with E-state index in [1.54, 1.807) is 9.24 Å². The second-order valence-corrected chi connectivity index (χ2v) is 6.44. The topological polar surface area (TPSA) is 38.4 Å². The molecule has 1 aliphatic rings. The molecule has 0 fully saturated rings. The van der Waals surface area contributed by atoms with Crippen LogP contribution in [0.1, 0.15) is 52.9 Å². The molecule has 0 saturated heterocycles. The number of alkyl halides is 2. The van der Waals surface area contributed by atoms with Crippen LogP contribution in [0.3, 0.4) is 0 Å². The van der Waals surface area contributed by atoms with Gasteiger partial charge in [-0.05, 0) is 55.9 Å². The maximum atomic E-state index is 12.9. The van der Waals surface area contributed by atoms with Crippen molar-refractivity contribution >= 4 is 15.0 Å². The summed E-state index contributed by atoms with van der Waals surface area (Å²) in [5, 5.41) is 0. The number of hydrogen-bond donors (Lipinski definition) is 1. The van der Waals surface area contributed by atoms with Crippen LogP contribution in [-0.4, -0.2) is 17.4 Å². The SMILES string of the molecule is C/C=C1/C=C(N)C(CC)=CC1=NC(CC)CCCC(F)(F)P. The van der Waals surface area contributed by atoms with Crippen molar-refractivity contribution in [1.82, 2.24) is 0 Å². The molecule has 0 saturated carbocycles. The fourth-order valence-electron chi connectivity index (χ4n) is 2.45. The lowest BCUT2D eigenvalue weighted by molar-refractivity contribution is 0.0905. The standard InChI is InChI=1S/C17H27F2N2P/c1-4-12-11-16(13(5-2)10-15(12)20)21-14(6-3)8-7-9-17(18,19)22/h5,10-11,14H,4,6-9,20,22H2,1-3H3/b13-5-,21-16?. The first-order valence-corrected chi connectivity index (χ1v) is 8.47. The number of allylic oxidation sites excluding steroid dienone is 5. The molecule has 124 valence electrons. The zero-order valence-electron chi connectivity index (χ0n) is 13.7. The van der Waals surface area contributed by atoms with Gasteiger partial charge in [0.1, 0.15) is 0 Å². The minimum atomic E-state index is -2.67. The van der Waals surface area contributed by atoms with E-state index in [9.17, 15) is 8.78 Å². The highest BCUT2D eigenvalue weighted by Gasteiger charge is 2.21. The number of rotatable bonds is 7. The molecule has 5 heteroatoms. The van der Waals surface area contributed by atoms with Gasteiger partial charge in [-0.25, -0.2) is 8.78 Å². The molecule has 0 heterocycles. The maximum Gasteiger partial charge on any atom is 0.259 e. The van der Waals surface area contributed by atoms with Crippen molar-refractivity contribution in [1.29, 1.82) is 0 Å². The molecule has 0 amide bonds. The number of nitrogens with zero attached hydrogens (tertiary/aromatic N) is 1. The van der Waals surface area contributed by atoms with Crippen LogP contribution in [0, 0.1) is 0 Å². The average Bonchev–Trinajstić information content (AvgIpc) is 2.45. The van der Waals surface area contributed by atoms with E-state index in [1.807, 2.05) is 32.1 Å². The number of nitrogens with two attached hydrogens (primary N) is 1. The quantitative estimate of drug-likeness (QED) is 0.657. The molecule has 0 aromatic heterocycles. The summed E-state index contributed by atoms with van der Waals surface area (Å²) in [6, 6.07) is 0.0689. The predicted octanol–water partition coefficient (Wildman–Crippen LogP) is 4.98. The number of hydrogen-bond acceptors (Lipinski definition) is 2. The summed E-state index contributed by atoms with van der Waals surface area (Å²) in [5.41, 5.74) is 7.13. The van der Waals surface area contributed by atoms with Crippen molar-refractivity contribution in [2.45, 2.75) is 64.6 Å². The fourth-order valence-corrected chi connectivity index (χ4v) is 2.65. The van der Waals surface area contributed by atoms with Gasteiger partial charge < -0.3 is 5.73 Å². The lowest BCUT2D eigenvalue weighted by Gasteiger charge is -2.18. The van der Waals surface area contributed by atoms with E-state index >= 15 is 0 Å². The zero-order chi connectivity index (χ0) is 16.8. The van der Waals surface area contributed by atoms with E-state index in [4.69, 9.17) is 10.7 Å². The Morgan fingerprint density at radius 1 is 1.36 bits per heavy atom. The van der Waals surface area contributed by atoms with Crippen molar-refractivity contribution in [3.8, 4) is 0 Å². The molecule has 1 aliphatic carbocycles. The van der Waals surface area contributed by atoms with E-state index in [0.29, 0.717) is 12.8 Å². The molecule has 2 unspecified atom stereocenters. The van der Waals surface area contributed by atoms with Gasteiger partial charge in [0, 0.05) is 12.1 Å². The van der Waals surface area contributed by atoms with E-state index < -0.39 is 5.66 Å². The second kappa shape index (κ2) is 8.57. The van der Waals surface area contributed by atoms with Gasteiger partial charge in [-0.15, -0.1) is 0 Å². The molecule has 0 radical (unpaired) electrons. The third-order valence-corrected chi connectivity index (χ3v) is 4.11. The molecular weight excluding hydrogens is 301 g/mol. The lowest BCUT2D eigenvalue weighted by atomic mass is 9.95. The zero-order valence-corrected chi connectivity index (χ0v) is 14.9. The number of halogens is 2. The van der Waals surface area contributed by atoms with Crippen molar-refractivity contribution < 1.29 is 8.78 Å².